The molecule has 0 nitrogen and oxygen atoms in total. The SMILES string of the molecule is ClC/C=C/C1C=CC=CC1. The van der Waals surface area contributed by atoms with Gasteiger partial charge in [-0.1, -0.05) is 36.5 Å². The molecular formula is C9H11Cl. The van der Waals surface area contributed by atoms with E-state index in [-0.39, 0.29) is 0 Å². The molecule has 0 bridgehead atoms. The molecule has 0 N–H and O–H groups in total. The van der Waals surface area contributed by atoms with Crippen LogP contribution in [0.1, 0.15) is 6.42 Å². The van der Waals surface area contributed by atoms with Gasteiger partial charge < -0.3 is 0 Å². The molecular weight excluding hydrogens is 144 g/mol. The summed E-state index contributed by atoms with van der Waals surface area (Å²) in [4.78, 5) is 0. The van der Waals surface area contributed by atoms with Crippen LogP contribution in [0.3, 0.4) is 0 Å². The van der Waals surface area contributed by atoms with Crippen LogP contribution < -0.4 is 0 Å². The van der Waals surface area contributed by atoms with Gasteiger partial charge in [-0.2, -0.15) is 0 Å². The van der Waals surface area contributed by atoms with E-state index in [0.717, 1.165) is 6.42 Å². The van der Waals surface area contributed by atoms with Gasteiger partial charge in [-0.3, -0.25) is 0 Å². The van der Waals surface area contributed by atoms with Crippen LogP contribution in [0, 0.1) is 5.92 Å². The average Bonchev–Trinajstić information content (AvgIpc) is 2.03. The third kappa shape index (κ3) is 2.40. The van der Waals surface area contributed by atoms with Crippen molar-refractivity contribution in [3.63, 3.8) is 0 Å². The minimum atomic E-state index is 0.573. The first-order valence-corrected chi connectivity index (χ1v) is 4.03. The molecule has 1 aliphatic rings. The predicted molar refractivity (Wildman–Crippen MR) is 46.2 cm³/mol. The fraction of sp³-hybridized carbons (Fsp3) is 0.333. The Morgan fingerprint density at radius 1 is 1.50 bits per heavy atom. The molecule has 0 aliphatic heterocycles. The van der Waals surface area contributed by atoms with Crippen LogP contribution in [0.25, 0.3) is 0 Å². The summed E-state index contributed by atoms with van der Waals surface area (Å²) in [6.45, 7) is 0. The van der Waals surface area contributed by atoms with Gasteiger partial charge >= 0.3 is 0 Å². The molecule has 1 atom stereocenters. The van der Waals surface area contributed by atoms with Crippen LogP contribution in [0.4, 0.5) is 0 Å². The van der Waals surface area contributed by atoms with Gasteiger partial charge in [0.15, 0.2) is 0 Å². The standard InChI is InChI=1S/C9H11Cl/c10-8-4-7-9-5-2-1-3-6-9/h1-5,7,9H,6,8H2/b7-4+. The zero-order valence-electron chi connectivity index (χ0n) is 5.83. The molecule has 0 saturated heterocycles. The maximum absolute atomic E-state index is 5.49. The van der Waals surface area contributed by atoms with Crippen molar-refractivity contribution in [2.45, 2.75) is 6.42 Å². The van der Waals surface area contributed by atoms with Crippen LogP contribution in [0.15, 0.2) is 36.5 Å². The Balaban J connectivity index is 2.36. The number of hydrogen-bond acceptors (Lipinski definition) is 0. The maximum atomic E-state index is 5.49. The molecule has 1 unspecified atom stereocenters. The van der Waals surface area contributed by atoms with E-state index < -0.39 is 0 Å². The summed E-state index contributed by atoms with van der Waals surface area (Å²) in [5.74, 6) is 1.19. The zero-order chi connectivity index (χ0) is 7.23. The Labute approximate surface area is 66.9 Å². The Bertz CT molecular complexity index is 166. The van der Waals surface area contributed by atoms with Crippen molar-refractivity contribution in [1.82, 2.24) is 0 Å². The van der Waals surface area contributed by atoms with Crippen molar-refractivity contribution in [3.8, 4) is 0 Å². The highest BCUT2D eigenvalue weighted by Gasteiger charge is 1.97. The fourth-order valence-corrected chi connectivity index (χ4v) is 1.07. The van der Waals surface area contributed by atoms with E-state index in [1.165, 1.54) is 0 Å². The molecule has 54 valence electrons. The van der Waals surface area contributed by atoms with Gasteiger partial charge in [-0.05, 0) is 12.3 Å². The summed E-state index contributed by atoms with van der Waals surface area (Å²) < 4.78 is 0. The minimum absolute atomic E-state index is 0.573. The highest BCUT2D eigenvalue weighted by atomic mass is 35.5. The first kappa shape index (κ1) is 7.62. The quantitative estimate of drug-likeness (QED) is 0.424. The molecule has 0 radical (unpaired) electrons. The van der Waals surface area contributed by atoms with Gasteiger partial charge in [-0.15, -0.1) is 11.6 Å². The largest absolute Gasteiger partial charge is 0.122 e. The first-order chi connectivity index (χ1) is 4.93. The number of hydrogen-bond donors (Lipinski definition) is 0. The molecule has 1 heteroatoms. The van der Waals surface area contributed by atoms with E-state index in [4.69, 9.17) is 11.6 Å². The molecule has 0 aromatic heterocycles. The van der Waals surface area contributed by atoms with Crippen molar-refractivity contribution in [2.24, 2.45) is 5.92 Å². The number of halogens is 1. The zero-order valence-corrected chi connectivity index (χ0v) is 6.59. The van der Waals surface area contributed by atoms with E-state index >= 15 is 0 Å². The molecule has 0 heterocycles. The van der Waals surface area contributed by atoms with E-state index in [2.05, 4.69) is 30.4 Å². The summed E-state index contributed by atoms with van der Waals surface area (Å²) in [6, 6.07) is 0. The number of allylic oxidation sites excluding steroid dienone is 6. The molecule has 10 heavy (non-hydrogen) atoms. The van der Waals surface area contributed by atoms with Crippen LogP contribution in [0.5, 0.6) is 0 Å². The van der Waals surface area contributed by atoms with Crippen molar-refractivity contribution in [3.05, 3.63) is 36.5 Å². The lowest BCUT2D eigenvalue weighted by atomic mass is 10.0. The van der Waals surface area contributed by atoms with Crippen molar-refractivity contribution >= 4 is 11.6 Å². The van der Waals surface area contributed by atoms with E-state index in [1.54, 1.807) is 0 Å². The van der Waals surface area contributed by atoms with Gasteiger partial charge in [0.1, 0.15) is 0 Å². The Morgan fingerprint density at radius 3 is 3.00 bits per heavy atom. The maximum Gasteiger partial charge on any atom is 0.0404 e. The lowest BCUT2D eigenvalue weighted by Crippen LogP contribution is -1.91. The van der Waals surface area contributed by atoms with Crippen LogP contribution in [-0.4, -0.2) is 5.88 Å². The van der Waals surface area contributed by atoms with Gasteiger partial charge in [-0.25, -0.2) is 0 Å². The third-order valence-electron chi connectivity index (χ3n) is 1.49. The number of alkyl halides is 1. The molecule has 0 saturated carbocycles. The Kier molecular flexibility index (Phi) is 3.31. The summed E-state index contributed by atoms with van der Waals surface area (Å²) in [5, 5.41) is 0. The summed E-state index contributed by atoms with van der Waals surface area (Å²) >= 11 is 5.49. The van der Waals surface area contributed by atoms with Crippen molar-refractivity contribution < 1.29 is 0 Å². The van der Waals surface area contributed by atoms with Gasteiger partial charge in [0.25, 0.3) is 0 Å². The Morgan fingerprint density at radius 2 is 2.40 bits per heavy atom. The van der Waals surface area contributed by atoms with Gasteiger partial charge in [0.2, 0.25) is 0 Å². The molecule has 1 aliphatic carbocycles. The smallest absolute Gasteiger partial charge is 0.0404 e. The van der Waals surface area contributed by atoms with Gasteiger partial charge in [0, 0.05) is 5.88 Å². The average molecular weight is 155 g/mol. The van der Waals surface area contributed by atoms with E-state index in [9.17, 15) is 0 Å². The minimum Gasteiger partial charge on any atom is -0.122 e. The highest BCUT2D eigenvalue weighted by Crippen LogP contribution is 2.12. The summed E-state index contributed by atoms with van der Waals surface area (Å²) in [7, 11) is 0. The normalized spacial score (nSPS) is 24.3. The molecule has 0 aromatic rings. The molecule has 0 fully saturated rings. The molecule has 0 amide bonds. The lowest BCUT2D eigenvalue weighted by molar-refractivity contribution is 0.821. The fourth-order valence-electron chi connectivity index (χ4n) is 0.969. The van der Waals surface area contributed by atoms with Crippen LogP contribution in [0.2, 0.25) is 0 Å². The molecule has 0 spiro atoms. The molecule has 0 aromatic carbocycles. The first-order valence-electron chi connectivity index (χ1n) is 3.49. The van der Waals surface area contributed by atoms with Crippen molar-refractivity contribution in [1.29, 1.82) is 0 Å². The molecule has 1 rings (SSSR count). The second kappa shape index (κ2) is 4.35. The predicted octanol–water partition coefficient (Wildman–Crippen LogP) is 2.91. The van der Waals surface area contributed by atoms with Crippen LogP contribution >= 0.6 is 11.6 Å². The summed E-state index contributed by atoms with van der Waals surface area (Å²) in [6.07, 6.45) is 13.8. The number of rotatable bonds is 2. The van der Waals surface area contributed by atoms with Crippen LogP contribution in [-0.2, 0) is 0 Å². The lowest BCUT2D eigenvalue weighted by Gasteiger charge is -2.05. The summed E-state index contributed by atoms with van der Waals surface area (Å²) in [5.41, 5.74) is 0. The van der Waals surface area contributed by atoms with E-state index in [1.807, 2.05) is 6.08 Å². The third-order valence-corrected chi connectivity index (χ3v) is 1.66. The van der Waals surface area contributed by atoms with Gasteiger partial charge in [0.05, 0.1) is 0 Å². The topological polar surface area (TPSA) is 0 Å². The van der Waals surface area contributed by atoms with Crippen molar-refractivity contribution in [2.75, 3.05) is 5.88 Å². The highest BCUT2D eigenvalue weighted by molar-refractivity contribution is 6.18. The Hall–Kier alpha value is -0.490. The second-order valence-corrected chi connectivity index (χ2v) is 2.60. The van der Waals surface area contributed by atoms with E-state index in [0.29, 0.717) is 11.8 Å². The monoisotopic (exact) mass is 154 g/mol. The second-order valence-electron chi connectivity index (χ2n) is 2.30.